The number of anilines is 1. The van der Waals surface area contributed by atoms with E-state index in [1.807, 2.05) is 0 Å². The summed E-state index contributed by atoms with van der Waals surface area (Å²) in [7, 11) is 0. The maximum absolute atomic E-state index is 12.1. The number of carbonyl (C=O) groups excluding carboxylic acids is 2. The van der Waals surface area contributed by atoms with Crippen molar-refractivity contribution in [2.75, 3.05) is 5.32 Å². The summed E-state index contributed by atoms with van der Waals surface area (Å²) in [5.41, 5.74) is 6.00. The predicted molar refractivity (Wildman–Crippen MR) is 85.1 cm³/mol. The van der Waals surface area contributed by atoms with E-state index in [0.717, 1.165) is 0 Å². The molecule has 2 aromatic carbocycles. The SMILES string of the molecule is CC(Oc1cccc(Cl)c1)C(=O)Nc1cccc(C(N)=O)c1. The predicted octanol–water partition coefficient (Wildman–Crippen LogP) is 2.84. The van der Waals surface area contributed by atoms with Gasteiger partial charge in [0.15, 0.2) is 6.10 Å². The summed E-state index contributed by atoms with van der Waals surface area (Å²) in [6.07, 6.45) is -0.726. The molecule has 0 radical (unpaired) electrons. The average Bonchev–Trinajstić information content (AvgIpc) is 2.47. The Morgan fingerprint density at radius 2 is 1.91 bits per heavy atom. The molecule has 0 saturated heterocycles. The number of halogens is 1. The van der Waals surface area contributed by atoms with E-state index < -0.39 is 12.0 Å². The molecule has 3 N–H and O–H groups in total. The molecule has 0 aromatic heterocycles. The van der Waals surface area contributed by atoms with Crippen LogP contribution in [-0.2, 0) is 4.79 Å². The Bertz CT molecular complexity index is 703. The molecule has 0 fully saturated rings. The van der Waals surface area contributed by atoms with Gasteiger partial charge in [-0.2, -0.15) is 0 Å². The van der Waals surface area contributed by atoms with Gasteiger partial charge in [0.05, 0.1) is 0 Å². The first-order valence-electron chi connectivity index (χ1n) is 6.58. The van der Waals surface area contributed by atoms with Crippen molar-refractivity contribution in [2.24, 2.45) is 5.73 Å². The third-order valence-corrected chi connectivity index (χ3v) is 3.13. The van der Waals surface area contributed by atoms with E-state index in [-0.39, 0.29) is 5.91 Å². The maximum Gasteiger partial charge on any atom is 0.265 e. The molecule has 0 aliphatic rings. The molecule has 0 aliphatic carbocycles. The molecule has 1 atom stereocenters. The lowest BCUT2D eigenvalue weighted by Crippen LogP contribution is -2.30. The Morgan fingerprint density at radius 3 is 2.59 bits per heavy atom. The van der Waals surface area contributed by atoms with Gasteiger partial charge in [-0.25, -0.2) is 0 Å². The second kappa shape index (κ2) is 6.95. The van der Waals surface area contributed by atoms with Gasteiger partial charge in [-0.15, -0.1) is 0 Å². The topological polar surface area (TPSA) is 81.4 Å². The lowest BCUT2D eigenvalue weighted by molar-refractivity contribution is -0.122. The Labute approximate surface area is 133 Å². The molecule has 0 bridgehead atoms. The van der Waals surface area contributed by atoms with Crippen molar-refractivity contribution in [1.29, 1.82) is 0 Å². The second-order valence-corrected chi connectivity index (χ2v) is 5.09. The highest BCUT2D eigenvalue weighted by molar-refractivity contribution is 6.30. The van der Waals surface area contributed by atoms with Gasteiger partial charge in [0.25, 0.3) is 5.91 Å². The number of ether oxygens (including phenoxy) is 1. The summed E-state index contributed by atoms with van der Waals surface area (Å²) in [5.74, 6) is -0.401. The summed E-state index contributed by atoms with van der Waals surface area (Å²) < 4.78 is 5.52. The zero-order chi connectivity index (χ0) is 16.1. The lowest BCUT2D eigenvalue weighted by Gasteiger charge is -2.15. The van der Waals surface area contributed by atoms with Crippen molar-refractivity contribution in [3.8, 4) is 5.75 Å². The summed E-state index contributed by atoms with van der Waals surface area (Å²) in [6, 6.07) is 13.2. The summed E-state index contributed by atoms with van der Waals surface area (Å²) >= 11 is 5.86. The van der Waals surface area contributed by atoms with Gasteiger partial charge in [0.2, 0.25) is 5.91 Å². The van der Waals surface area contributed by atoms with Crippen molar-refractivity contribution in [3.63, 3.8) is 0 Å². The summed E-state index contributed by atoms with van der Waals surface area (Å²) in [6.45, 7) is 1.62. The van der Waals surface area contributed by atoms with Crippen LogP contribution in [0.4, 0.5) is 5.69 Å². The fourth-order valence-corrected chi connectivity index (χ4v) is 1.97. The van der Waals surface area contributed by atoms with Crippen LogP contribution < -0.4 is 15.8 Å². The smallest absolute Gasteiger partial charge is 0.265 e. The largest absolute Gasteiger partial charge is 0.481 e. The van der Waals surface area contributed by atoms with Crippen molar-refractivity contribution < 1.29 is 14.3 Å². The Hall–Kier alpha value is -2.53. The molecule has 1 unspecified atom stereocenters. The molecule has 5 nitrogen and oxygen atoms in total. The molecular formula is C16H15ClN2O3. The van der Waals surface area contributed by atoms with Crippen LogP contribution >= 0.6 is 11.6 Å². The van der Waals surface area contributed by atoms with Crippen molar-refractivity contribution >= 4 is 29.1 Å². The standard InChI is InChI=1S/C16H15ClN2O3/c1-10(22-14-7-3-5-12(17)9-14)16(21)19-13-6-2-4-11(8-13)15(18)20/h2-10H,1H3,(H2,18,20)(H,19,21). The number of hydrogen-bond donors (Lipinski definition) is 2. The van der Waals surface area contributed by atoms with Crippen LogP contribution in [0.15, 0.2) is 48.5 Å². The molecule has 2 aromatic rings. The summed E-state index contributed by atoms with van der Waals surface area (Å²) in [4.78, 5) is 23.2. The van der Waals surface area contributed by atoms with Gasteiger partial charge in [0, 0.05) is 16.3 Å². The Kier molecular flexibility index (Phi) is 5.01. The lowest BCUT2D eigenvalue weighted by atomic mass is 10.2. The van der Waals surface area contributed by atoms with E-state index in [4.69, 9.17) is 22.1 Å². The average molecular weight is 319 g/mol. The zero-order valence-corrected chi connectivity index (χ0v) is 12.6. The minimum Gasteiger partial charge on any atom is -0.481 e. The molecule has 2 amide bonds. The Balaban J connectivity index is 2.02. The molecule has 114 valence electrons. The van der Waals surface area contributed by atoms with E-state index in [0.29, 0.717) is 22.0 Å². The van der Waals surface area contributed by atoms with Crippen LogP contribution in [0.3, 0.4) is 0 Å². The minimum atomic E-state index is -0.726. The number of hydrogen-bond acceptors (Lipinski definition) is 3. The van der Waals surface area contributed by atoms with Crippen LogP contribution in [0, 0.1) is 0 Å². The van der Waals surface area contributed by atoms with Crippen LogP contribution in [-0.4, -0.2) is 17.9 Å². The maximum atomic E-state index is 12.1. The highest BCUT2D eigenvalue weighted by atomic mass is 35.5. The van der Waals surface area contributed by atoms with Crippen LogP contribution in [0.2, 0.25) is 5.02 Å². The van der Waals surface area contributed by atoms with Crippen molar-refractivity contribution in [1.82, 2.24) is 0 Å². The number of carbonyl (C=O) groups is 2. The van der Waals surface area contributed by atoms with Gasteiger partial charge in [0.1, 0.15) is 5.75 Å². The Morgan fingerprint density at radius 1 is 1.18 bits per heavy atom. The fourth-order valence-electron chi connectivity index (χ4n) is 1.79. The van der Waals surface area contributed by atoms with Gasteiger partial charge in [-0.1, -0.05) is 23.7 Å². The van der Waals surface area contributed by atoms with Gasteiger partial charge in [-0.05, 0) is 43.3 Å². The first kappa shape index (κ1) is 15.9. The first-order chi connectivity index (χ1) is 10.5. The van der Waals surface area contributed by atoms with E-state index in [1.165, 1.54) is 6.07 Å². The van der Waals surface area contributed by atoms with Crippen LogP contribution in [0.1, 0.15) is 17.3 Å². The third kappa shape index (κ3) is 4.23. The van der Waals surface area contributed by atoms with Crippen molar-refractivity contribution in [3.05, 3.63) is 59.1 Å². The molecule has 22 heavy (non-hydrogen) atoms. The zero-order valence-electron chi connectivity index (χ0n) is 11.9. The fraction of sp³-hybridized carbons (Fsp3) is 0.125. The highest BCUT2D eigenvalue weighted by Crippen LogP contribution is 2.19. The minimum absolute atomic E-state index is 0.321. The number of amides is 2. The number of benzene rings is 2. The van der Waals surface area contributed by atoms with Crippen LogP contribution in [0.25, 0.3) is 0 Å². The number of nitrogens with one attached hydrogen (secondary N) is 1. The monoisotopic (exact) mass is 318 g/mol. The number of nitrogens with two attached hydrogens (primary N) is 1. The van der Waals surface area contributed by atoms with E-state index in [9.17, 15) is 9.59 Å². The van der Waals surface area contributed by atoms with Gasteiger partial charge < -0.3 is 15.8 Å². The highest BCUT2D eigenvalue weighted by Gasteiger charge is 2.15. The summed E-state index contributed by atoms with van der Waals surface area (Å²) in [5, 5.41) is 3.19. The molecular weight excluding hydrogens is 304 g/mol. The van der Waals surface area contributed by atoms with Gasteiger partial charge in [-0.3, -0.25) is 9.59 Å². The van der Waals surface area contributed by atoms with Crippen LogP contribution in [0.5, 0.6) is 5.75 Å². The number of rotatable bonds is 5. The van der Waals surface area contributed by atoms with E-state index in [2.05, 4.69) is 5.32 Å². The third-order valence-electron chi connectivity index (χ3n) is 2.89. The van der Waals surface area contributed by atoms with Gasteiger partial charge >= 0.3 is 0 Å². The molecule has 6 heteroatoms. The second-order valence-electron chi connectivity index (χ2n) is 4.65. The normalized spacial score (nSPS) is 11.5. The van der Waals surface area contributed by atoms with Crippen molar-refractivity contribution in [2.45, 2.75) is 13.0 Å². The van der Waals surface area contributed by atoms with E-state index >= 15 is 0 Å². The first-order valence-corrected chi connectivity index (χ1v) is 6.96. The molecule has 0 aliphatic heterocycles. The molecule has 2 rings (SSSR count). The quantitative estimate of drug-likeness (QED) is 0.889. The molecule has 0 heterocycles. The molecule has 0 spiro atoms. The number of primary amides is 1. The van der Waals surface area contributed by atoms with E-state index in [1.54, 1.807) is 49.4 Å². The molecule has 0 saturated carbocycles.